The highest BCUT2D eigenvalue weighted by molar-refractivity contribution is 7.11. The number of aromatic nitrogens is 1. The third-order valence-electron chi connectivity index (χ3n) is 2.93. The van der Waals surface area contributed by atoms with E-state index in [0.29, 0.717) is 6.04 Å². The number of rotatable bonds is 5. The second-order valence-electron chi connectivity index (χ2n) is 4.05. The molecular weight excluding hydrogens is 228 g/mol. The molecule has 3 heteroatoms. The summed E-state index contributed by atoms with van der Waals surface area (Å²) < 4.78 is 0. The normalized spacial score (nSPS) is 12.6. The lowest BCUT2D eigenvalue weighted by molar-refractivity contribution is 0.596. The Hall–Kier alpha value is -1.19. The Morgan fingerprint density at radius 2 is 1.88 bits per heavy atom. The van der Waals surface area contributed by atoms with Crippen LogP contribution in [0.3, 0.4) is 0 Å². The summed E-state index contributed by atoms with van der Waals surface area (Å²) in [6, 6.07) is 9.01. The highest BCUT2D eigenvalue weighted by atomic mass is 32.1. The van der Waals surface area contributed by atoms with Gasteiger partial charge in [-0.15, -0.1) is 11.3 Å². The van der Waals surface area contributed by atoms with Crippen LogP contribution in [0.1, 0.15) is 28.3 Å². The van der Waals surface area contributed by atoms with Crippen molar-refractivity contribution < 1.29 is 0 Å². The fourth-order valence-electron chi connectivity index (χ4n) is 1.91. The topological polar surface area (TPSA) is 24.9 Å². The molecule has 2 aromatic rings. The zero-order chi connectivity index (χ0) is 12.1. The number of nitrogens with zero attached hydrogens (tertiary/aromatic N) is 1. The highest BCUT2D eigenvalue weighted by Gasteiger charge is 2.11. The second kappa shape index (κ2) is 5.94. The minimum atomic E-state index is 0.376. The minimum Gasteiger partial charge on any atom is -0.313 e. The molecule has 0 aliphatic rings. The maximum atomic E-state index is 4.06. The van der Waals surface area contributed by atoms with Gasteiger partial charge in [0.05, 0.1) is 0 Å². The molecule has 1 unspecified atom stereocenters. The minimum absolute atomic E-state index is 0.376. The van der Waals surface area contributed by atoms with Crippen LogP contribution < -0.4 is 5.32 Å². The van der Waals surface area contributed by atoms with E-state index >= 15 is 0 Å². The zero-order valence-electron chi connectivity index (χ0n) is 10.3. The zero-order valence-corrected chi connectivity index (χ0v) is 11.1. The Labute approximate surface area is 107 Å². The van der Waals surface area contributed by atoms with E-state index in [1.165, 1.54) is 15.3 Å². The van der Waals surface area contributed by atoms with Gasteiger partial charge in [0.1, 0.15) is 0 Å². The quantitative estimate of drug-likeness (QED) is 0.876. The van der Waals surface area contributed by atoms with Gasteiger partial charge in [-0.25, -0.2) is 0 Å². The average molecular weight is 246 g/mol. The van der Waals surface area contributed by atoms with Crippen LogP contribution in [0.5, 0.6) is 0 Å². The molecular formula is C14H18N2S. The van der Waals surface area contributed by atoms with Crippen LogP contribution in [0.2, 0.25) is 0 Å². The molecule has 90 valence electrons. The number of nitrogens with one attached hydrogen (secondary N) is 1. The molecule has 0 fully saturated rings. The van der Waals surface area contributed by atoms with Crippen molar-refractivity contribution in [3.05, 3.63) is 52.0 Å². The van der Waals surface area contributed by atoms with Crippen LogP contribution in [0, 0.1) is 0 Å². The Morgan fingerprint density at radius 1 is 1.18 bits per heavy atom. The molecule has 0 bridgehead atoms. The van der Waals surface area contributed by atoms with E-state index in [0.717, 1.165) is 12.8 Å². The molecule has 0 aliphatic heterocycles. The number of hydrogen-bond donors (Lipinski definition) is 1. The van der Waals surface area contributed by atoms with Gasteiger partial charge < -0.3 is 5.32 Å². The molecule has 2 nitrogen and oxygen atoms in total. The van der Waals surface area contributed by atoms with Gasteiger partial charge >= 0.3 is 0 Å². The van der Waals surface area contributed by atoms with Gasteiger partial charge in [-0.1, -0.05) is 6.92 Å². The molecule has 2 rings (SSSR count). The number of thiophene rings is 1. The third kappa shape index (κ3) is 3.14. The van der Waals surface area contributed by atoms with Crippen LogP contribution in [0.4, 0.5) is 0 Å². The third-order valence-corrected chi connectivity index (χ3v) is 4.18. The molecule has 1 N–H and O–H groups in total. The van der Waals surface area contributed by atoms with Gasteiger partial charge in [0.25, 0.3) is 0 Å². The van der Waals surface area contributed by atoms with Crippen molar-refractivity contribution in [1.82, 2.24) is 10.3 Å². The highest BCUT2D eigenvalue weighted by Crippen LogP contribution is 2.23. The summed E-state index contributed by atoms with van der Waals surface area (Å²) >= 11 is 1.92. The molecule has 2 heterocycles. The van der Waals surface area contributed by atoms with Gasteiger partial charge in [-0.3, -0.25) is 4.98 Å². The molecule has 2 aromatic heterocycles. The predicted octanol–water partition coefficient (Wildman–Crippen LogP) is 3.21. The summed E-state index contributed by atoms with van der Waals surface area (Å²) in [5.74, 6) is 0. The molecule has 0 amide bonds. The van der Waals surface area contributed by atoms with E-state index < -0.39 is 0 Å². The van der Waals surface area contributed by atoms with Crippen molar-refractivity contribution in [2.24, 2.45) is 0 Å². The van der Waals surface area contributed by atoms with Crippen LogP contribution in [0.25, 0.3) is 0 Å². The van der Waals surface area contributed by atoms with Gasteiger partial charge in [-0.2, -0.15) is 0 Å². The summed E-state index contributed by atoms with van der Waals surface area (Å²) in [5, 5.41) is 3.37. The van der Waals surface area contributed by atoms with E-state index in [1.807, 2.05) is 30.8 Å². The lowest BCUT2D eigenvalue weighted by Crippen LogP contribution is -2.18. The Morgan fingerprint density at radius 3 is 2.47 bits per heavy atom. The van der Waals surface area contributed by atoms with Crippen molar-refractivity contribution >= 4 is 11.3 Å². The molecule has 0 aromatic carbocycles. The van der Waals surface area contributed by atoms with Gasteiger partial charge in [0.15, 0.2) is 0 Å². The number of likely N-dealkylation sites (N-methyl/N-ethyl adjacent to an activating group) is 1. The number of hydrogen-bond acceptors (Lipinski definition) is 3. The summed E-state index contributed by atoms with van der Waals surface area (Å²) in [4.78, 5) is 6.97. The summed E-state index contributed by atoms with van der Waals surface area (Å²) in [7, 11) is 2.01. The Bertz CT molecular complexity index is 450. The van der Waals surface area contributed by atoms with Gasteiger partial charge in [-0.05, 0) is 43.3 Å². The van der Waals surface area contributed by atoms with Gasteiger partial charge in [0, 0.05) is 34.6 Å². The maximum Gasteiger partial charge on any atom is 0.0367 e. The maximum absolute atomic E-state index is 4.06. The molecule has 0 aliphatic carbocycles. The molecule has 0 spiro atoms. The Kier molecular flexibility index (Phi) is 4.29. The first-order valence-corrected chi connectivity index (χ1v) is 6.80. The summed E-state index contributed by atoms with van der Waals surface area (Å²) in [6.45, 7) is 2.20. The van der Waals surface area contributed by atoms with E-state index in [-0.39, 0.29) is 0 Å². The summed E-state index contributed by atoms with van der Waals surface area (Å²) in [5.41, 5.74) is 1.30. The van der Waals surface area contributed by atoms with Crippen molar-refractivity contribution in [2.75, 3.05) is 7.05 Å². The standard InChI is InChI=1S/C14H18N2S/c1-3-12-4-5-13(17-12)10-14(15-2)11-6-8-16-9-7-11/h4-9,14-15H,3,10H2,1-2H3. The smallest absolute Gasteiger partial charge is 0.0367 e. The van der Waals surface area contributed by atoms with Crippen LogP contribution in [0.15, 0.2) is 36.7 Å². The molecule has 0 saturated heterocycles. The van der Waals surface area contributed by atoms with Crippen LogP contribution >= 0.6 is 11.3 Å². The molecule has 17 heavy (non-hydrogen) atoms. The van der Waals surface area contributed by atoms with E-state index in [2.05, 4.69) is 41.5 Å². The second-order valence-corrected chi connectivity index (χ2v) is 5.30. The monoisotopic (exact) mass is 246 g/mol. The van der Waals surface area contributed by atoms with E-state index in [1.54, 1.807) is 0 Å². The van der Waals surface area contributed by atoms with Crippen molar-refractivity contribution in [3.8, 4) is 0 Å². The first-order valence-electron chi connectivity index (χ1n) is 5.98. The largest absolute Gasteiger partial charge is 0.313 e. The summed E-state index contributed by atoms with van der Waals surface area (Å²) in [6.07, 6.45) is 5.88. The SMILES string of the molecule is CCc1ccc(CC(NC)c2ccncc2)s1. The van der Waals surface area contributed by atoms with Crippen LogP contribution in [-0.2, 0) is 12.8 Å². The van der Waals surface area contributed by atoms with Gasteiger partial charge in [0.2, 0.25) is 0 Å². The van der Waals surface area contributed by atoms with E-state index in [9.17, 15) is 0 Å². The van der Waals surface area contributed by atoms with Crippen molar-refractivity contribution in [3.63, 3.8) is 0 Å². The molecule has 1 atom stereocenters. The predicted molar refractivity (Wildman–Crippen MR) is 73.4 cm³/mol. The number of aryl methyl sites for hydroxylation is 1. The Balaban J connectivity index is 2.10. The lowest BCUT2D eigenvalue weighted by atomic mass is 10.0. The fraction of sp³-hybridized carbons (Fsp3) is 0.357. The van der Waals surface area contributed by atoms with Crippen LogP contribution in [-0.4, -0.2) is 12.0 Å². The average Bonchev–Trinajstić information content (AvgIpc) is 2.84. The number of pyridine rings is 1. The molecule has 0 radical (unpaired) electrons. The fourth-order valence-corrected chi connectivity index (χ4v) is 2.91. The first-order chi connectivity index (χ1) is 8.33. The van der Waals surface area contributed by atoms with E-state index in [4.69, 9.17) is 0 Å². The first kappa shape index (κ1) is 12.3. The van der Waals surface area contributed by atoms with Crippen molar-refractivity contribution in [1.29, 1.82) is 0 Å². The van der Waals surface area contributed by atoms with Crippen molar-refractivity contribution in [2.45, 2.75) is 25.8 Å². The lowest BCUT2D eigenvalue weighted by Gasteiger charge is -2.15. The molecule has 0 saturated carbocycles.